The van der Waals surface area contributed by atoms with Crippen molar-refractivity contribution in [1.29, 1.82) is 0 Å². The molecule has 0 bridgehead atoms. The number of nitrogens with zero attached hydrogens (tertiary/aromatic N) is 1. The fourth-order valence-electron chi connectivity index (χ4n) is 2.28. The monoisotopic (exact) mass is 172 g/mol. The number of aliphatic hydroxyl groups is 1. The molecule has 12 heavy (non-hydrogen) atoms. The van der Waals surface area contributed by atoms with Gasteiger partial charge in [-0.3, -0.25) is 0 Å². The van der Waals surface area contributed by atoms with E-state index >= 15 is 0 Å². The molecule has 1 saturated carbocycles. The molecule has 0 aliphatic heterocycles. The third kappa shape index (κ3) is 2.76. The van der Waals surface area contributed by atoms with Crippen LogP contribution in [-0.4, -0.2) is 43.4 Å². The van der Waals surface area contributed by atoms with E-state index in [0.29, 0.717) is 5.92 Å². The van der Waals surface area contributed by atoms with Crippen molar-refractivity contribution < 1.29 is 9.59 Å². The molecule has 0 radical (unpaired) electrons. The topological polar surface area (TPSA) is 20.2 Å². The summed E-state index contributed by atoms with van der Waals surface area (Å²) in [5, 5.41) is 9.56. The van der Waals surface area contributed by atoms with Crippen LogP contribution < -0.4 is 0 Å². The summed E-state index contributed by atoms with van der Waals surface area (Å²) in [4.78, 5) is 0. The average molecular weight is 172 g/mol. The summed E-state index contributed by atoms with van der Waals surface area (Å²) >= 11 is 0. The molecular formula is C10H22NO+. The third-order valence-corrected chi connectivity index (χ3v) is 2.74. The predicted octanol–water partition coefficient (Wildman–Crippen LogP) is 1.10. The normalized spacial score (nSPS) is 37.2. The highest BCUT2D eigenvalue weighted by Crippen LogP contribution is 2.31. The molecule has 0 aromatic carbocycles. The standard InChI is InChI=1S/C10H22NO/c1-8-5-9(6-10(8)12)7-11(2,3)4/h8-10,12H,5-7H2,1-4H3/q+1/t8-,9-,10+/m0/s1. The van der Waals surface area contributed by atoms with Gasteiger partial charge >= 0.3 is 0 Å². The van der Waals surface area contributed by atoms with Crippen LogP contribution in [0.3, 0.4) is 0 Å². The largest absolute Gasteiger partial charge is 0.393 e. The first kappa shape index (κ1) is 10.0. The number of aliphatic hydroxyl groups excluding tert-OH is 1. The number of hydrogen-bond acceptors (Lipinski definition) is 1. The van der Waals surface area contributed by atoms with Gasteiger partial charge < -0.3 is 9.59 Å². The molecule has 2 nitrogen and oxygen atoms in total. The highest BCUT2D eigenvalue weighted by molar-refractivity contribution is 4.80. The summed E-state index contributed by atoms with van der Waals surface area (Å²) in [5.74, 6) is 1.25. The van der Waals surface area contributed by atoms with E-state index in [1.807, 2.05) is 0 Å². The first-order chi connectivity index (χ1) is 5.38. The van der Waals surface area contributed by atoms with E-state index in [2.05, 4.69) is 28.1 Å². The van der Waals surface area contributed by atoms with Gasteiger partial charge in [0.2, 0.25) is 0 Å². The van der Waals surface area contributed by atoms with Gasteiger partial charge in [-0.1, -0.05) is 6.92 Å². The molecule has 1 N–H and O–H groups in total. The maximum atomic E-state index is 9.56. The lowest BCUT2D eigenvalue weighted by atomic mass is 10.1. The van der Waals surface area contributed by atoms with E-state index in [0.717, 1.165) is 16.8 Å². The van der Waals surface area contributed by atoms with Crippen molar-refractivity contribution in [2.24, 2.45) is 11.8 Å². The maximum absolute atomic E-state index is 9.56. The van der Waals surface area contributed by atoms with Crippen LogP contribution in [0.15, 0.2) is 0 Å². The number of rotatable bonds is 2. The Morgan fingerprint density at radius 3 is 2.17 bits per heavy atom. The first-order valence-electron chi connectivity index (χ1n) is 4.87. The van der Waals surface area contributed by atoms with Crippen LogP contribution in [0, 0.1) is 11.8 Å². The minimum atomic E-state index is -0.0402. The van der Waals surface area contributed by atoms with E-state index < -0.39 is 0 Å². The molecule has 72 valence electrons. The smallest absolute Gasteiger partial charge is 0.0810 e. The lowest BCUT2D eigenvalue weighted by Crippen LogP contribution is -2.38. The molecule has 0 amide bonds. The Morgan fingerprint density at radius 2 is 1.83 bits per heavy atom. The molecule has 0 aromatic rings. The van der Waals surface area contributed by atoms with Crippen LogP contribution in [0.25, 0.3) is 0 Å². The summed E-state index contributed by atoms with van der Waals surface area (Å²) in [7, 11) is 6.65. The van der Waals surface area contributed by atoms with Crippen molar-refractivity contribution in [2.75, 3.05) is 27.7 Å². The quantitative estimate of drug-likeness (QED) is 0.618. The number of hydrogen-bond donors (Lipinski definition) is 1. The van der Waals surface area contributed by atoms with Crippen molar-refractivity contribution in [3.63, 3.8) is 0 Å². The second kappa shape index (κ2) is 3.35. The average Bonchev–Trinajstić information content (AvgIpc) is 2.07. The van der Waals surface area contributed by atoms with Gasteiger partial charge in [0.05, 0.1) is 33.8 Å². The van der Waals surface area contributed by atoms with Gasteiger partial charge in [0.1, 0.15) is 0 Å². The summed E-state index contributed by atoms with van der Waals surface area (Å²) in [6, 6.07) is 0. The molecule has 3 atom stereocenters. The molecule has 1 rings (SSSR count). The Bertz CT molecular complexity index is 140. The molecule has 0 saturated heterocycles. The Morgan fingerprint density at radius 1 is 1.25 bits per heavy atom. The second-order valence-corrected chi connectivity index (χ2v) is 5.35. The molecule has 1 fully saturated rings. The van der Waals surface area contributed by atoms with Gasteiger partial charge in [-0.05, 0) is 18.8 Å². The third-order valence-electron chi connectivity index (χ3n) is 2.74. The van der Waals surface area contributed by atoms with Crippen LogP contribution in [0.1, 0.15) is 19.8 Å². The van der Waals surface area contributed by atoms with E-state index in [1.165, 1.54) is 13.0 Å². The van der Waals surface area contributed by atoms with E-state index in [4.69, 9.17) is 0 Å². The van der Waals surface area contributed by atoms with Crippen molar-refractivity contribution in [1.82, 2.24) is 0 Å². The lowest BCUT2D eigenvalue weighted by molar-refractivity contribution is -0.873. The van der Waals surface area contributed by atoms with Crippen molar-refractivity contribution in [3.8, 4) is 0 Å². The van der Waals surface area contributed by atoms with Crippen LogP contribution in [0.4, 0.5) is 0 Å². The van der Waals surface area contributed by atoms with Crippen molar-refractivity contribution >= 4 is 0 Å². The van der Waals surface area contributed by atoms with Crippen molar-refractivity contribution in [3.05, 3.63) is 0 Å². The van der Waals surface area contributed by atoms with E-state index in [9.17, 15) is 5.11 Å². The highest BCUT2D eigenvalue weighted by atomic mass is 16.3. The second-order valence-electron chi connectivity index (χ2n) is 5.35. The SMILES string of the molecule is C[C@H]1C[C@H](C[N+](C)(C)C)C[C@H]1O. The van der Waals surface area contributed by atoms with E-state index in [1.54, 1.807) is 0 Å². The lowest BCUT2D eigenvalue weighted by Gasteiger charge is -2.27. The first-order valence-corrected chi connectivity index (χ1v) is 4.87. The Labute approximate surface area is 75.8 Å². The van der Waals surface area contributed by atoms with Gasteiger partial charge in [0.15, 0.2) is 0 Å². The summed E-state index contributed by atoms with van der Waals surface area (Å²) in [5.41, 5.74) is 0. The highest BCUT2D eigenvalue weighted by Gasteiger charge is 2.32. The minimum absolute atomic E-state index is 0.0402. The maximum Gasteiger partial charge on any atom is 0.0810 e. The summed E-state index contributed by atoms with van der Waals surface area (Å²) in [6.45, 7) is 3.35. The van der Waals surface area contributed by atoms with E-state index in [-0.39, 0.29) is 6.10 Å². The van der Waals surface area contributed by atoms with Gasteiger partial charge in [0, 0.05) is 5.92 Å². The molecule has 0 unspecified atom stereocenters. The zero-order chi connectivity index (χ0) is 9.35. The van der Waals surface area contributed by atoms with Gasteiger partial charge in [-0.15, -0.1) is 0 Å². The predicted molar refractivity (Wildman–Crippen MR) is 50.8 cm³/mol. The number of quaternary nitrogens is 1. The molecule has 0 heterocycles. The molecule has 1 aliphatic carbocycles. The summed E-state index contributed by atoms with van der Waals surface area (Å²) in [6.07, 6.45) is 2.18. The molecule has 2 heteroatoms. The fourth-order valence-corrected chi connectivity index (χ4v) is 2.28. The van der Waals surface area contributed by atoms with Crippen LogP contribution in [-0.2, 0) is 0 Å². The Balaban J connectivity index is 2.38. The molecule has 0 aromatic heterocycles. The minimum Gasteiger partial charge on any atom is -0.393 e. The Kier molecular flexibility index (Phi) is 2.79. The van der Waals surface area contributed by atoms with Gasteiger partial charge in [-0.25, -0.2) is 0 Å². The van der Waals surface area contributed by atoms with Crippen molar-refractivity contribution in [2.45, 2.75) is 25.9 Å². The molecule has 0 spiro atoms. The fraction of sp³-hybridized carbons (Fsp3) is 1.00. The van der Waals surface area contributed by atoms with Crippen LogP contribution in [0.2, 0.25) is 0 Å². The zero-order valence-electron chi connectivity index (χ0n) is 8.75. The summed E-state index contributed by atoms with van der Waals surface area (Å²) < 4.78 is 1.02. The van der Waals surface area contributed by atoms with Gasteiger partial charge in [-0.2, -0.15) is 0 Å². The molecule has 1 aliphatic rings. The Hall–Kier alpha value is -0.0800. The zero-order valence-corrected chi connectivity index (χ0v) is 8.75. The van der Waals surface area contributed by atoms with Gasteiger partial charge in [0.25, 0.3) is 0 Å². The molecular weight excluding hydrogens is 150 g/mol. The van der Waals surface area contributed by atoms with Crippen LogP contribution >= 0.6 is 0 Å². The van der Waals surface area contributed by atoms with Crippen LogP contribution in [0.5, 0.6) is 0 Å².